The third-order valence-corrected chi connectivity index (χ3v) is 3.18. The van der Waals surface area contributed by atoms with Crippen LogP contribution in [0.15, 0.2) is 42.5 Å². The number of hydrogen-bond donors (Lipinski definition) is 1. The molecule has 110 valence electrons. The Balaban J connectivity index is 2.24. The highest BCUT2D eigenvalue weighted by atomic mass is 16.5. The van der Waals surface area contributed by atoms with Crippen LogP contribution in [-0.2, 0) is 4.74 Å². The van der Waals surface area contributed by atoms with E-state index in [1.807, 2.05) is 18.2 Å². The summed E-state index contributed by atoms with van der Waals surface area (Å²) in [4.78, 5) is 11.4. The molecule has 0 spiro atoms. The topological polar surface area (TPSA) is 61.5 Å². The molecule has 2 aromatic carbocycles. The zero-order valence-electron chi connectivity index (χ0n) is 12.4. The van der Waals surface area contributed by atoms with Gasteiger partial charge < -0.3 is 15.2 Å². The largest absolute Gasteiger partial charge is 0.465 e. The summed E-state index contributed by atoms with van der Waals surface area (Å²) in [6.07, 6.45) is 0. The van der Waals surface area contributed by atoms with Crippen molar-refractivity contribution >= 4 is 11.7 Å². The molecule has 0 unspecified atom stereocenters. The normalized spacial score (nSPS) is 10.5. The summed E-state index contributed by atoms with van der Waals surface area (Å²) in [7, 11) is 1.33. The molecule has 0 bridgehead atoms. The third kappa shape index (κ3) is 3.54. The number of carbonyl (C=O) groups is 1. The fourth-order valence-electron chi connectivity index (χ4n) is 1.95. The first-order valence-corrected chi connectivity index (χ1v) is 6.77. The second-order valence-electron chi connectivity index (χ2n) is 5.07. The van der Waals surface area contributed by atoms with Crippen LogP contribution < -0.4 is 10.5 Å². The molecule has 0 amide bonds. The first-order chi connectivity index (χ1) is 10.0. The van der Waals surface area contributed by atoms with E-state index < -0.39 is 5.97 Å². The fourth-order valence-corrected chi connectivity index (χ4v) is 1.95. The van der Waals surface area contributed by atoms with Crippen molar-refractivity contribution in [1.82, 2.24) is 0 Å². The van der Waals surface area contributed by atoms with Crippen LogP contribution in [-0.4, -0.2) is 13.1 Å². The van der Waals surface area contributed by atoms with Gasteiger partial charge in [0.15, 0.2) is 0 Å². The minimum atomic E-state index is -0.421. The lowest BCUT2D eigenvalue weighted by molar-refractivity contribution is 0.0601. The molecule has 0 aliphatic carbocycles. The van der Waals surface area contributed by atoms with Crippen molar-refractivity contribution in [3.05, 3.63) is 53.6 Å². The van der Waals surface area contributed by atoms with Crippen LogP contribution in [0.2, 0.25) is 0 Å². The SMILES string of the molecule is COC(=O)c1ccc(Oc2cccc(C(C)C)c2)c(N)c1. The van der Waals surface area contributed by atoms with Gasteiger partial charge in [0.05, 0.1) is 18.4 Å². The molecule has 0 aliphatic rings. The molecule has 4 nitrogen and oxygen atoms in total. The van der Waals surface area contributed by atoms with Crippen LogP contribution in [0, 0.1) is 0 Å². The molecule has 0 radical (unpaired) electrons. The van der Waals surface area contributed by atoms with Gasteiger partial charge in [0, 0.05) is 0 Å². The number of nitrogen functional groups attached to an aromatic ring is 1. The highest BCUT2D eigenvalue weighted by molar-refractivity contribution is 5.90. The lowest BCUT2D eigenvalue weighted by atomic mass is 10.0. The molecular formula is C17H19NO3. The Morgan fingerprint density at radius 3 is 2.52 bits per heavy atom. The van der Waals surface area contributed by atoms with E-state index in [1.54, 1.807) is 18.2 Å². The second kappa shape index (κ2) is 6.31. The third-order valence-electron chi connectivity index (χ3n) is 3.18. The van der Waals surface area contributed by atoms with Crippen LogP contribution in [0.1, 0.15) is 35.7 Å². The molecule has 0 atom stereocenters. The quantitative estimate of drug-likeness (QED) is 0.682. The molecular weight excluding hydrogens is 266 g/mol. The lowest BCUT2D eigenvalue weighted by Crippen LogP contribution is -2.02. The van der Waals surface area contributed by atoms with Gasteiger partial charge in [-0.1, -0.05) is 26.0 Å². The van der Waals surface area contributed by atoms with Crippen LogP contribution in [0.4, 0.5) is 5.69 Å². The maximum atomic E-state index is 11.4. The van der Waals surface area contributed by atoms with E-state index in [1.165, 1.54) is 12.7 Å². The Labute approximate surface area is 124 Å². The average Bonchev–Trinajstić information content (AvgIpc) is 2.48. The molecule has 2 N–H and O–H groups in total. The van der Waals surface area contributed by atoms with E-state index >= 15 is 0 Å². The van der Waals surface area contributed by atoms with Gasteiger partial charge in [0.1, 0.15) is 11.5 Å². The summed E-state index contributed by atoms with van der Waals surface area (Å²) in [5, 5.41) is 0. The van der Waals surface area contributed by atoms with Crippen molar-refractivity contribution in [2.45, 2.75) is 19.8 Å². The standard InChI is InChI=1S/C17H19NO3/c1-11(2)12-5-4-6-14(9-12)21-16-8-7-13(10-15(16)18)17(19)20-3/h4-11H,18H2,1-3H3. The van der Waals surface area contributed by atoms with Gasteiger partial charge in [-0.15, -0.1) is 0 Å². The Kier molecular flexibility index (Phi) is 4.48. The van der Waals surface area contributed by atoms with E-state index in [9.17, 15) is 4.79 Å². The summed E-state index contributed by atoms with van der Waals surface area (Å²) in [6, 6.07) is 12.7. The van der Waals surface area contributed by atoms with E-state index in [4.69, 9.17) is 10.5 Å². The molecule has 0 aliphatic heterocycles. The van der Waals surface area contributed by atoms with Crippen molar-refractivity contribution in [2.24, 2.45) is 0 Å². The van der Waals surface area contributed by atoms with Crippen molar-refractivity contribution in [1.29, 1.82) is 0 Å². The highest BCUT2D eigenvalue weighted by Gasteiger charge is 2.10. The number of carbonyl (C=O) groups excluding carboxylic acids is 1. The highest BCUT2D eigenvalue weighted by Crippen LogP contribution is 2.30. The van der Waals surface area contributed by atoms with E-state index in [-0.39, 0.29) is 0 Å². The molecule has 21 heavy (non-hydrogen) atoms. The van der Waals surface area contributed by atoms with E-state index in [0.717, 1.165) is 5.75 Å². The van der Waals surface area contributed by atoms with Gasteiger partial charge in [-0.2, -0.15) is 0 Å². The van der Waals surface area contributed by atoms with Crippen molar-refractivity contribution in [3.63, 3.8) is 0 Å². The molecule has 0 saturated heterocycles. The van der Waals surface area contributed by atoms with Gasteiger partial charge in [-0.25, -0.2) is 4.79 Å². The van der Waals surface area contributed by atoms with Gasteiger partial charge in [0.25, 0.3) is 0 Å². The Morgan fingerprint density at radius 2 is 1.90 bits per heavy atom. The number of esters is 1. The molecule has 2 rings (SSSR count). The predicted molar refractivity (Wildman–Crippen MR) is 82.8 cm³/mol. The molecule has 2 aromatic rings. The van der Waals surface area contributed by atoms with E-state index in [2.05, 4.69) is 24.7 Å². The Bertz CT molecular complexity index is 650. The first kappa shape index (κ1) is 14.9. The summed E-state index contributed by atoms with van der Waals surface area (Å²) >= 11 is 0. The number of ether oxygens (including phenoxy) is 2. The summed E-state index contributed by atoms with van der Waals surface area (Å²) in [5.41, 5.74) is 7.92. The van der Waals surface area contributed by atoms with E-state index in [0.29, 0.717) is 22.9 Å². The lowest BCUT2D eigenvalue weighted by Gasteiger charge is -2.12. The smallest absolute Gasteiger partial charge is 0.337 e. The number of rotatable bonds is 4. The maximum Gasteiger partial charge on any atom is 0.337 e. The maximum absolute atomic E-state index is 11.4. The molecule has 0 aromatic heterocycles. The zero-order chi connectivity index (χ0) is 15.4. The van der Waals surface area contributed by atoms with Crippen molar-refractivity contribution in [3.8, 4) is 11.5 Å². The number of hydrogen-bond acceptors (Lipinski definition) is 4. The van der Waals surface area contributed by atoms with Crippen molar-refractivity contribution < 1.29 is 14.3 Å². The average molecular weight is 285 g/mol. The fraction of sp³-hybridized carbons (Fsp3) is 0.235. The van der Waals surface area contributed by atoms with Crippen LogP contribution in [0.5, 0.6) is 11.5 Å². The zero-order valence-corrected chi connectivity index (χ0v) is 12.4. The summed E-state index contributed by atoms with van der Waals surface area (Å²) in [6.45, 7) is 4.25. The minimum Gasteiger partial charge on any atom is -0.465 e. The van der Waals surface area contributed by atoms with Gasteiger partial charge in [-0.05, 0) is 41.8 Å². The molecule has 0 heterocycles. The Morgan fingerprint density at radius 1 is 1.14 bits per heavy atom. The first-order valence-electron chi connectivity index (χ1n) is 6.77. The summed E-state index contributed by atoms with van der Waals surface area (Å²) in [5.74, 6) is 1.24. The van der Waals surface area contributed by atoms with Crippen LogP contribution >= 0.6 is 0 Å². The number of methoxy groups -OCH3 is 1. The van der Waals surface area contributed by atoms with Crippen LogP contribution in [0.3, 0.4) is 0 Å². The minimum absolute atomic E-state index is 0.396. The number of benzene rings is 2. The van der Waals surface area contributed by atoms with Gasteiger partial charge in [0.2, 0.25) is 0 Å². The summed E-state index contributed by atoms with van der Waals surface area (Å²) < 4.78 is 10.4. The molecule has 0 saturated carbocycles. The molecule has 4 heteroatoms. The van der Waals surface area contributed by atoms with Crippen molar-refractivity contribution in [2.75, 3.05) is 12.8 Å². The number of anilines is 1. The Hall–Kier alpha value is -2.49. The number of nitrogens with two attached hydrogens (primary N) is 1. The second-order valence-corrected chi connectivity index (χ2v) is 5.07. The van der Waals surface area contributed by atoms with Gasteiger partial charge in [-0.3, -0.25) is 0 Å². The predicted octanol–water partition coefficient (Wildman–Crippen LogP) is 3.97. The monoisotopic (exact) mass is 285 g/mol. The molecule has 0 fully saturated rings. The van der Waals surface area contributed by atoms with Gasteiger partial charge >= 0.3 is 5.97 Å². The van der Waals surface area contributed by atoms with Crippen LogP contribution in [0.25, 0.3) is 0 Å².